The van der Waals surface area contributed by atoms with Crippen LogP contribution in [0.15, 0.2) is 28.2 Å². The number of nitrogens with one attached hydrogen (secondary N) is 2. The maximum atomic E-state index is 12.1. The van der Waals surface area contributed by atoms with E-state index in [4.69, 9.17) is 0 Å². The van der Waals surface area contributed by atoms with Crippen LogP contribution in [0.25, 0.3) is 0 Å². The van der Waals surface area contributed by atoms with E-state index in [1.807, 2.05) is 0 Å². The minimum absolute atomic E-state index is 0.0202. The smallest absolute Gasteiger partial charge is 0.282 e. The predicted octanol–water partition coefficient (Wildman–Crippen LogP) is 3.11. The first-order chi connectivity index (χ1) is 9.51. The number of thiazole rings is 1. The van der Waals surface area contributed by atoms with Gasteiger partial charge in [0.15, 0.2) is 5.13 Å². The topological polar surface area (TPSA) is 97.2 Å². The lowest BCUT2D eigenvalue weighted by molar-refractivity contribution is -0.385. The highest BCUT2D eigenvalue weighted by atomic mass is 79.9. The van der Waals surface area contributed by atoms with Crippen LogP contribution < -0.4 is 10.6 Å². The van der Waals surface area contributed by atoms with E-state index >= 15 is 0 Å². The zero-order valence-corrected chi connectivity index (χ0v) is 12.6. The number of amides is 1. The summed E-state index contributed by atoms with van der Waals surface area (Å²) < 4.78 is 0.756. The van der Waals surface area contributed by atoms with Crippen LogP contribution in [0, 0.1) is 10.1 Å². The number of carbonyl (C=O) groups excluding carboxylic acids is 1. The van der Waals surface area contributed by atoms with Crippen LogP contribution in [0.4, 0.5) is 16.5 Å². The summed E-state index contributed by atoms with van der Waals surface area (Å²) in [7, 11) is 1.67. The Kier molecular flexibility index (Phi) is 4.30. The van der Waals surface area contributed by atoms with Crippen LogP contribution in [0.3, 0.4) is 0 Å². The molecular weight excluding hydrogens is 348 g/mol. The number of carbonyl (C=O) groups is 1. The maximum absolute atomic E-state index is 12.1. The number of aromatic nitrogens is 1. The van der Waals surface area contributed by atoms with E-state index in [9.17, 15) is 14.9 Å². The van der Waals surface area contributed by atoms with Gasteiger partial charge in [-0.15, -0.1) is 0 Å². The molecule has 0 radical (unpaired) electrons. The Balaban J connectivity index is 2.34. The second-order valence-corrected chi connectivity index (χ2v) is 6.07. The SMILES string of the molecule is CNc1ccc([N+](=O)[O-])c(C(=O)Nc2ncc(Br)s2)c1. The first-order valence-corrected chi connectivity index (χ1v) is 7.01. The van der Waals surface area contributed by atoms with E-state index in [0.717, 1.165) is 3.79 Å². The van der Waals surface area contributed by atoms with Gasteiger partial charge < -0.3 is 5.32 Å². The molecule has 1 aromatic carbocycles. The Morgan fingerprint density at radius 2 is 2.25 bits per heavy atom. The third-order valence-corrected chi connectivity index (χ3v) is 3.82. The zero-order valence-electron chi connectivity index (χ0n) is 10.2. The summed E-state index contributed by atoms with van der Waals surface area (Å²) in [5.74, 6) is -0.573. The van der Waals surface area contributed by atoms with Gasteiger partial charge in [0.1, 0.15) is 5.56 Å². The van der Waals surface area contributed by atoms with Gasteiger partial charge in [-0.25, -0.2) is 4.98 Å². The molecule has 0 unspecified atom stereocenters. The van der Waals surface area contributed by atoms with Gasteiger partial charge in [0.2, 0.25) is 0 Å². The molecule has 2 rings (SSSR count). The van der Waals surface area contributed by atoms with Crippen molar-refractivity contribution in [2.24, 2.45) is 0 Å². The first kappa shape index (κ1) is 14.4. The minimum Gasteiger partial charge on any atom is -0.388 e. The molecule has 2 aromatic rings. The van der Waals surface area contributed by atoms with Crippen LogP contribution in [-0.2, 0) is 0 Å². The van der Waals surface area contributed by atoms with E-state index in [-0.39, 0.29) is 11.3 Å². The summed E-state index contributed by atoms with van der Waals surface area (Å²) in [6, 6.07) is 4.25. The monoisotopic (exact) mass is 356 g/mol. The highest BCUT2D eigenvalue weighted by molar-refractivity contribution is 9.11. The molecule has 0 saturated heterocycles. The number of anilines is 2. The lowest BCUT2D eigenvalue weighted by Gasteiger charge is -2.05. The zero-order chi connectivity index (χ0) is 14.7. The highest BCUT2D eigenvalue weighted by Crippen LogP contribution is 2.26. The average Bonchev–Trinajstić information content (AvgIpc) is 2.83. The Bertz CT molecular complexity index is 673. The quantitative estimate of drug-likeness (QED) is 0.647. The van der Waals surface area contributed by atoms with Crippen molar-refractivity contribution in [3.8, 4) is 0 Å². The van der Waals surface area contributed by atoms with Crippen LogP contribution in [0.2, 0.25) is 0 Å². The normalized spacial score (nSPS) is 10.1. The van der Waals surface area contributed by atoms with Crippen molar-refractivity contribution in [3.63, 3.8) is 0 Å². The van der Waals surface area contributed by atoms with Gasteiger partial charge in [0.25, 0.3) is 11.6 Å². The Labute approximate surface area is 126 Å². The second-order valence-electron chi connectivity index (χ2n) is 3.66. The molecule has 1 aromatic heterocycles. The minimum atomic E-state index is -0.591. The summed E-state index contributed by atoms with van der Waals surface area (Å²) in [5.41, 5.74) is 0.339. The van der Waals surface area contributed by atoms with Gasteiger partial charge >= 0.3 is 0 Å². The third kappa shape index (κ3) is 3.11. The van der Waals surface area contributed by atoms with Crippen molar-refractivity contribution < 1.29 is 9.72 Å². The van der Waals surface area contributed by atoms with E-state index < -0.39 is 10.8 Å². The highest BCUT2D eigenvalue weighted by Gasteiger charge is 2.21. The van der Waals surface area contributed by atoms with Crippen LogP contribution >= 0.6 is 27.3 Å². The van der Waals surface area contributed by atoms with Gasteiger partial charge in [0, 0.05) is 18.8 Å². The number of benzene rings is 1. The number of halogens is 1. The van der Waals surface area contributed by atoms with Crippen molar-refractivity contribution in [1.29, 1.82) is 0 Å². The maximum Gasteiger partial charge on any atom is 0.282 e. The van der Waals surface area contributed by atoms with E-state index in [2.05, 4.69) is 31.5 Å². The van der Waals surface area contributed by atoms with Gasteiger partial charge in [-0.05, 0) is 28.1 Å². The standard InChI is InChI=1S/C11H9BrN4O3S/c1-13-6-2-3-8(16(18)19)7(4-6)10(17)15-11-14-5-9(12)20-11/h2-5,13H,1H3,(H,14,15,17). The predicted molar refractivity (Wildman–Crippen MR) is 80.4 cm³/mol. The molecule has 7 nitrogen and oxygen atoms in total. The molecule has 9 heteroatoms. The molecule has 0 fully saturated rings. The van der Waals surface area contributed by atoms with Crippen molar-refractivity contribution >= 4 is 49.7 Å². The van der Waals surface area contributed by atoms with Crippen molar-refractivity contribution in [1.82, 2.24) is 4.98 Å². The number of nitro benzene ring substituents is 1. The third-order valence-electron chi connectivity index (χ3n) is 2.42. The number of rotatable bonds is 4. The summed E-state index contributed by atoms with van der Waals surface area (Å²) in [4.78, 5) is 26.5. The second kappa shape index (κ2) is 5.97. The summed E-state index contributed by atoms with van der Waals surface area (Å²) in [6.07, 6.45) is 1.54. The number of nitrogens with zero attached hydrogens (tertiary/aromatic N) is 2. The Morgan fingerprint density at radius 1 is 1.50 bits per heavy atom. The largest absolute Gasteiger partial charge is 0.388 e. The molecule has 104 valence electrons. The first-order valence-electron chi connectivity index (χ1n) is 5.40. The van der Waals surface area contributed by atoms with Crippen molar-refractivity contribution in [2.75, 3.05) is 17.7 Å². The van der Waals surface area contributed by atoms with Gasteiger partial charge in [0.05, 0.1) is 14.9 Å². The molecule has 0 spiro atoms. The lowest BCUT2D eigenvalue weighted by Crippen LogP contribution is -2.14. The van der Waals surface area contributed by atoms with Crippen LogP contribution in [0.5, 0.6) is 0 Å². The van der Waals surface area contributed by atoms with E-state index in [0.29, 0.717) is 10.8 Å². The molecule has 0 aliphatic heterocycles. The molecule has 20 heavy (non-hydrogen) atoms. The molecule has 1 heterocycles. The molecular formula is C11H9BrN4O3S. The summed E-state index contributed by atoms with van der Waals surface area (Å²) in [6.45, 7) is 0. The lowest BCUT2D eigenvalue weighted by atomic mass is 10.1. The molecule has 0 atom stereocenters. The fourth-order valence-corrected chi connectivity index (χ4v) is 2.61. The fourth-order valence-electron chi connectivity index (χ4n) is 1.51. The van der Waals surface area contributed by atoms with Gasteiger partial charge in [-0.1, -0.05) is 11.3 Å². The van der Waals surface area contributed by atoms with Gasteiger partial charge in [-0.3, -0.25) is 20.2 Å². The molecule has 0 saturated carbocycles. The van der Waals surface area contributed by atoms with E-state index in [1.54, 1.807) is 13.2 Å². The number of hydrogen-bond acceptors (Lipinski definition) is 6. The molecule has 0 aliphatic rings. The van der Waals surface area contributed by atoms with Gasteiger partial charge in [-0.2, -0.15) is 0 Å². The van der Waals surface area contributed by atoms with Crippen LogP contribution in [-0.4, -0.2) is 22.9 Å². The van der Waals surface area contributed by atoms with Crippen LogP contribution in [0.1, 0.15) is 10.4 Å². The fraction of sp³-hybridized carbons (Fsp3) is 0.0909. The number of nitro groups is 1. The number of hydrogen-bond donors (Lipinski definition) is 2. The summed E-state index contributed by atoms with van der Waals surface area (Å²) >= 11 is 4.45. The Morgan fingerprint density at radius 3 is 2.80 bits per heavy atom. The molecule has 1 amide bonds. The van der Waals surface area contributed by atoms with Crippen molar-refractivity contribution in [2.45, 2.75) is 0 Å². The Hall–Kier alpha value is -2.00. The molecule has 0 bridgehead atoms. The molecule has 0 aliphatic carbocycles. The van der Waals surface area contributed by atoms with E-state index in [1.165, 1.54) is 29.5 Å². The molecule has 2 N–H and O–H groups in total. The average molecular weight is 357 g/mol. The summed E-state index contributed by atoms with van der Waals surface area (Å²) in [5, 5.41) is 16.7. The van der Waals surface area contributed by atoms with Crippen molar-refractivity contribution in [3.05, 3.63) is 43.9 Å².